The standard InChI is InChI=1S/2C5H5.C3H10OSi.C2H7Si.C2H5.CH3.CH2.2ClH.Zr/c2*1-2-4-5-3-1;1-5(2,3)4;1-3-2;1-2;;;;;/h2*1-3H,4H2;4H,1-3H3;3H,1-2H3;1H2,2H3;1H3;1H2;2*1H;/q2*-1;;;2*-1;;;;. The molecule has 0 bridgehead atoms. The van der Waals surface area contributed by atoms with Crippen LogP contribution in [0, 0.1) is 26.5 Å². The first-order valence-electron chi connectivity index (χ1n) is 7.37. The number of hydrogen-bond donors (Lipinski definition) is 1. The molecule has 0 atom stereocenters. The van der Waals surface area contributed by atoms with E-state index in [2.05, 4.69) is 48.5 Å². The average molecular weight is 502 g/mol. The third-order valence-electron chi connectivity index (χ3n) is 1.17. The molecule has 0 aliphatic heterocycles. The minimum atomic E-state index is -1.61. The van der Waals surface area contributed by atoms with E-state index in [-0.39, 0.29) is 32.2 Å². The fourth-order valence-electron chi connectivity index (χ4n) is 0.680. The fraction of sp³-hybridized carbons (Fsp3) is 0.421. The maximum Gasteiger partial charge on any atom is -0.358 e. The molecule has 151 valence electrons. The van der Waals surface area contributed by atoms with Gasteiger partial charge >= 0.3 is 28.4 Å². The van der Waals surface area contributed by atoms with Crippen molar-refractivity contribution in [1.82, 2.24) is 0 Å². The van der Waals surface area contributed by atoms with Crippen LogP contribution in [0.25, 0.3) is 0 Å². The summed E-state index contributed by atoms with van der Waals surface area (Å²) < 4.78 is 3.34. The zero-order chi connectivity index (χ0) is 18.3. The molecule has 6 heteroatoms. The van der Waals surface area contributed by atoms with Crippen molar-refractivity contribution in [3.63, 3.8) is 0 Å². The Bertz CT molecular complexity index is 252. The molecular weight excluding hydrogens is 463 g/mol. The number of rotatable bonds is 0. The summed E-state index contributed by atoms with van der Waals surface area (Å²) in [5.41, 5.74) is 0. The van der Waals surface area contributed by atoms with Gasteiger partial charge in [0.05, 0.1) is 0 Å². The van der Waals surface area contributed by atoms with Crippen LogP contribution in [0.3, 0.4) is 0 Å². The maximum absolute atomic E-state index is 8.66. The summed E-state index contributed by atoms with van der Waals surface area (Å²) >= 11 is 1.30. The molecule has 0 fully saturated rings. The van der Waals surface area contributed by atoms with Crippen LogP contribution in [-0.4, -0.2) is 26.8 Å². The van der Waals surface area contributed by atoms with Gasteiger partial charge in [-0.1, -0.05) is 13.1 Å². The fourth-order valence-corrected chi connectivity index (χ4v) is 0.680. The molecule has 0 aromatic rings. The van der Waals surface area contributed by atoms with Gasteiger partial charge in [0.1, 0.15) is 0 Å². The van der Waals surface area contributed by atoms with Crippen LogP contribution in [-0.2, 0) is 24.2 Å². The summed E-state index contributed by atoms with van der Waals surface area (Å²) in [5, 5.41) is 0. The van der Waals surface area contributed by atoms with Crippen LogP contribution in [0.15, 0.2) is 36.5 Å². The van der Waals surface area contributed by atoms with Gasteiger partial charge < -0.3 is 19.1 Å². The molecule has 1 radical (unpaired) electrons. The van der Waals surface area contributed by atoms with Gasteiger partial charge in [0.25, 0.3) is 0 Å². The molecular formula is C19H39Cl2OSi2Zr-4. The van der Waals surface area contributed by atoms with Crippen LogP contribution in [0.2, 0.25) is 32.7 Å². The summed E-state index contributed by atoms with van der Waals surface area (Å²) in [5.74, 6) is 0. The van der Waals surface area contributed by atoms with E-state index in [9.17, 15) is 0 Å². The second-order valence-corrected chi connectivity index (χ2v) is 10.3. The molecule has 25 heavy (non-hydrogen) atoms. The van der Waals surface area contributed by atoms with E-state index in [1.165, 1.54) is 24.2 Å². The zero-order valence-corrected chi connectivity index (χ0v) is 23.4. The first-order chi connectivity index (χ1) is 10.4. The Morgan fingerprint density at radius 3 is 1.20 bits per heavy atom. The molecule has 2 rings (SSSR count). The van der Waals surface area contributed by atoms with Crippen molar-refractivity contribution >= 4 is 46.9 Å². The van der Waals surface area contributed by atoms with Crippen LogP contribution in [0.1, 0.15) is 19.8 Å². The summed E-state index contributed by atoms with van der Waals surface area (Å²) in [6, 6.07) is 0. The normalized spacial score (nSPS) is 10.5. The first kappa shape index (κ1) is 44.8. The van der Waals surface area contributed by atoms with Crippen LogP contribution in [0.5, 0.6) is 0 Å². The van der Waals surface area contributed by atoms with Crippen molar-refractivity contribution in [2.24, 2.45) is 0 Å². The molecule has 0 amide bonds. The summed E-state index contributed by atoms with van der Waals surface area (Å²) in [7, 11) is -0.861. The molecule has 1 N–H and O–H groups in total. The molecule has 1 nitrogen and oxygen atoms in total. The van der Waals surface area contributed by atoms with Crippen molar-refractivity contribution in [2.75, 3.05) is 0 Å². The van der Waals surface area contributed by atoms with E-state index in [0.717, 1.165) is 22.4 Å². The minimum Gasteiger partial charge on any atom is -0.358 e. The smallest absolute Gasteiger partial charge is 0.358 e. The van der Waals surface area contributed by atoms with Crippen molar-refractivity contribution in [3.05, 3.63) is 63.0 Å². The van der Waals surface area contributed by atoms with Gasteiger partial charge in [-0.15, -0.1) is 37.7 Å². The topological polar surface area (TPSA) is 20.2 Å². The summed E-state index contributed by atoms with van der Waals surface area (Å²) in [6.45, 7) is 15.1. The van der Waals surface area contributed by atoms with E-state index < -0.39 is 8.32 Å². The number of hydrogen-bond acceptors (Lipinski definition) is 1. The van der Waals surface area contributed by atoms with Gasteiger partial charge in [0.15, 0.2) is 8.32 Å². The molecule has 0 aromatic carbocycles. The van der Waals surface area contributed by atoms with Crippen LogP contribution in [0.4, 0.5) is 0 Å². The molecule has 2 aliphatic rings. The first-order valence-corrected chi connectivity index (χ1v) is 14.9. The Morgan fingerprint density at radius 2 is 1.16 bits per heavy atom. The van der Waals surface area contributed by atoms with Crippen LogP contribution >= 0.6 is 24.8 Å². The molecule has 0 heterocycles. The third kappa shape index (κ3) is 111. The summed E-state index contributed by atoms with van der Waals surface area (Å²) in [4.78, 5) is 8.66. The zero-order valence-electron chi connectivity index (χ0n) is 17.1. The Hall–Kier alpha value is 0.687. The molecule has 0 saturated carbocycles. The Labute approximate surface area is 190 Å². The van der Waals surface area contributed by atoms with E-state index in [1.54, 1.807) is 6.92 Å². The van der Waals surface area contributed by atoms with Gasteiger partial charge in [0, 0.05) is 9.52 Å². The van der Waals surface area contributed by atoms with Gasteiger partial charge in [-0.25, -0.2) is 24.3 Å². The van der Waals surface area contributed by atoms with Gasteiger partial charge in [0.2, 0.25) is 0 Å². The monoisotopic (exact) mass is 499 g/mol. The Morgan fingerprint density at radius 1 is 0.960 bits per heavy atom. The maximum atomic E-state index is 8.66. The SMILES string of the molecule is C[SiH]C.C[Si](C)(C)O.Cl.Cl.[C-]1=CC=CC1.[C-]1=CC=CC1.[CH2-]C.[CH2]=[Zr].[CH3-]. The third-order valence-corrected chi connectivity index (χ3v) is 1.17. The van der Waals surface area contributed by atoms with E-state index >= 15 is 0 Å². The molecule has 0 aromatic heterocycles. The van der Waals surface area contributed by atoms with E-state index in [0.29, 0.717) is 0 Å². The predicted octanol–water partition coefficient (Wildman–Crippen LogP) is 6.04. The number of halogens is 2. The molecule has 0 spiro atoms. The van der Waals surface area contributed by atoms with Crippen molar-refractivity contribution in [1.29, 1.82) is 0 Å². The Balaban J connectivity index is -0.0000000316. The second kappa shape index (κ2) is 44.3. The quantitative estimate of drug-likeness (QED) is 0.317. The molecule has 0 unspecified atom stereocenters. The largest absolute Gasteiger partial charge is 0.358 e. The van der Waals surface area contributed by atoms with E-state index in [1.807, 2.05) is 43.9 Å². The second-order valence-electron chi connectivity index (χ2n) is 4.75. The van der Waals surface area contributed by atoms with Crippen LogP contribution < -0.4 is 0 Å². The van der Waals surface area contributed by atoms with Crippen molar-refractivity contribution < 1.29 is 29.0 Å². The van der Waals surface area contributed by atoms with Gasteiger partial charge in [-0.3, -0.25) is 12.2 Å². The van der Waals surface area contributed by atoms with Crippen molar-refractivity contribution in [3.8, 4) is 0 Å². The van der Waals surface area contributed by atoms with E-state index in [4.69, 9.17) is 4.80 Å². The summed E-state index contributed by atoms with van der Waals surface area (Å²) in [6.07, 6.45) is 20.0. The molecule has 0 saturated heterocycles. The van der Waals surface area contributed by atoms with Crippen molar-refractivity contribution in [2.45, 2.75) is 52.5 Å². The van der Waals surface area contributed by atoms with Gasteiger partial charge in [-0.05, 0) is 19.6 Å². The number of allylic oxidation sites excluding steroid dienone is 8. The predicted molar refractivity (Wildman–Crippen MR) is 127 cm³/mol. The minimum absolute atomic E-state index is 0. The Kier molecular flexibility index (Phi) is 79.4. The molecule has 2 aliphatic carbocycles. The van der Waals surface area contributed by atoms with Gasteiger partial charge in [-0.2, -0.15) is 19.1 Å². The average Bonchev–Trinajstić information content (AvgIpc) is 3.20.